The van der Waals surface area contributed by atoms with Crippen LogP contribution in [0.2, 0.25) is 10.0 Å². The average molecular weight is 299 g/mol. The van der Waals surface area contributed by atoms with Gasteiger partial charge in [-0.05, 0) is 37.1 Å². The van der Waals surface area contributed by atoms with Crippen LogP contribution in [0.1, 0.15) is 22.9 Å². The van der Waals surface area contributed by atoms with Gasteiger partial charge in [-0.1, -0.05) is 23.2 Å². The number of nitrogens with two attached hydrogens (primary N) is 1. The van der Waals surface area contributed by atoms with Crippen LogP contribution in [0.5, 0.6) is 0 Å². The van der Waals surface area contributed by atoms with Crippen molar-refractivity contribution in [3.05, 3.63) is 51.3 Å². The summed E-state index contributed by atoms with van der Waals surface area (Å²) in [4.78, 5) is 0. The van der Waals surface area contributed by atoms with Crippen LogP contribution in [0, 0.1) is 6.92 Å². The SMILES string of the molecule is Cc1c(C(Cc2cc(Cl)ccc2Cl)NN)cnn1C. The van der Waals surface area contributed by atoms with Gasteiger partial charge in [0.15, 0.2) is 0 Å². The Morgan fingerprint density at radius 3 is 2.74 bits per heavy atom. The molecule has 0 aliphatic heterocycles. The number of benzene rings is 1. The Hall–Kier alpha value is -1.07. The van der Waals surface area contributed by atoms with Crippen molar-refractivity contribution in [1.29, 1.82) is 0 Å². The number of hydrogen-bond donors (Lipinski definition) is 2. The summed E-state index contributed by atoms with van der Waals surface area (Å²) in [5.74, 6) is 5.66. The van der Waals surface area contributed by atoms with Gasteiger partial charge in [0.05, 0.1) is 12.2 Å². The van der Waals surface area contributed by atoms with Crippen molar-refractivity contribution in [3.63, 3.8) is 0 Å². The van der Waals surface area contributed by atoms with E-state index < -0.39 is 0 Å². The van der Waals surface area contributed by atoms with E-state index in [0.29, 0.717) is 16.5 Å². The third kappa shape index (κ3) is 3.09. The van der Waals surface area contributed by atoms with Crippen molar-refractivity contribution < 1.29 is 0 Å². The van der Waals surface area contributed by atoms with E-state index in [0.717, 1.165) is 16.8 Å². The van der Waals surface area contributed by atoms with Gasteiger partial charge in [0.2, 0.25) is 0 Å². The van der Waals surface area contributed by atoms with E-state index in [9.17, 15) is 0 Å². The number of halogens is 2. The van der Waals surface area contributed by atoms with Gasteiger partial charge in [-0.3, -0.25) is 16.0 Å². The average Bonchev–Trinajstić information content (AvgIpc) is 2.71. The third-order valence-corrected chi connectivity index (χ3v) is 3.89. The van der Waals surface area contributed by atoms with E-state index >= 15 is 0 Å². The molecule has 6 heteroatoms. The highest BCUT2D eigenvalue weighted by Gasteiger charge is 2.17. The first-order chi connectivity index (χ1) is 9.02. The maximum absolute atomic E-state index is 6.18. The molecule has 1 unspecified atom stereocenters. The first-order valence-corrected chi connectivity index (χ1v) is 6.67. The van der Waals surface area contributed by atoms with E-state index in [1.807, 2.05) is 30.9 Å². The fraction of sp³-hybridized carbons (Fsp3) is 0.308. The second-order valence-corrected chi connectivity index (χ2v) is 5.31. The summed E-state index contributed by atoms with van der Waals surface area (Å²) in [5, 5.41) is 5.58. The minimum Gasteiger partial charge on any atom is -0.273 e. The Morgan fingerprint density at radius 2 is 2.16 bits per heavy atom. The number of aromatic nitrogens is 2. The molecule has 4 nitrogen and oxygen atoms in total. The van der Waals surface area contributed by atoms with Crippen molar-refractivity contribution in [1.82, 2.24) is 15.2 Å². The Kier molecular flexibility index (Phi) is 4.47. The second kappa shape index (κ2) is 5.92. The van der Waals surface area contributed by atoms with Crippen molar-refractivity contribution in [2.45, 2.75) is 19.4 Å². The van der Waals surface area contributed by atoms with Crippen molar-refractivity contribution >= 4 is 23.2 Å². The fourth-order valence-corrected chi connectivity index (χ4v) is 2.43. The predicted molar refractivity (Wildman–Crippen MR) is 78.2 cm³/mol. The van der Waals surface area contributed by atoms with Crippen LogP contribution >= 0.6 is 23.2 Å². The van der Waals surface area contributed by atoms with Crippen LogP contribution in [0.4, 0.5) is 0 Å². The fourth-order valence-electron chi connectivity index (χ4n) is 2.04. The standard InChI is InChI=1S/C13H16Cl2N4/c1-8-11(7-17-19(8)2)13(18-16)6-9-5-10(14)3-4-12(9)15/h3-5,7,13,18H,6,16H2,1-2H3. The van der Waals surface area contributed by atoms with Gasteiger partial charge in [-0.15, -0.1) is 0 Å². The van der Waals surface area contributed by atoms with Crippen LogP contribution in [0.25, 0.3) is 0 Å². The molecule has 0 saturated heterocycles. The number of hydrogen-bond acceptors (Lipinski definition) is 3. The van der Waals surface area contributed by atoms with Crippen LogP contribution in [0.15, 0.2) is 24.4 Å². The summed E-state index contributed by atoms with van der Waals surface area (Å²) in [7, 11) is 1.90. The molecule has 19 heavy (non-hydrogen) atoms. The molecule has 2 aromatic rings. The first-order valence-electron chi connectivity index (χ1n) is 5.91. The molecule has 0 aliphatic carbocycles. The van der Waals surface area contributed by atoms with Gasteiger partial charge in [0.25, 0.3) is 0 Å². The maximum atomic E-state index is 6.18. The minimum absolute atomic E-state index is 0.0512. The molecule has 1 aromatic carbocycles. The zero-order valence-corrected chi connectivity index (χ0v) is 12.3. The van der Waals surface area contributed by atoms with Crippen LogP contribution in [-0.2, 0) is 13.5 Å². The third-order valence-electron chi connectivity index (χ3n) is 3.28. The lowest BCUT2D eigenvalue weighted by Crippen LogP contribution is -2.30. The number of aryl methyl sites for hydroxylation is 1. The minimum atomic E-state index is -0.0512. The number of nitrogens with zero attached hydrogens (tertiary/aromatic N) is 2. The summed E-state index contributed by atoms with van der Waals surface area (Å²) < 4.78 is 1.82. The molecule has 1 atom stereocenters. The molecule has 0 radical (unpaired) electrons. The molecule has 0 amide bonds. The van der Waals surface area contributed by atoms with Gasteiger partial charge in [0.1, 0.15) is 0 Å². The second-order valence-electron chi connectivity index (χ2n) is 4.47. The van der Waals surface area contributed by atoms with E-state index in [1.54, 1.807) is 12.1 Å². The molecule has 1 heterocycles. The topological polar surface area (TPSA) is 55.9 Å². The summed E-state index contributed by atoms with van der Waals surface area (Å²) in [6, 6.07) is 5.38. The maximum Gasteiger partial charge on any atom is 0.0540 e. The van der Waals surface area contributed by atoms with E-state index in [-0.39, 0.29) is 6.04 Å². The molecular weight excluding hydrogens is 283 g/mol. The molecule has 0 aliphatic rings. The Morgan fingerprint density at radius 1 is 1.42 bits per heavy atom. The van der Waals surface area contributed by atoms with Crippen LogP contribution in [-0.4, -0.2) is 9.78 Å². The van der Waals surface area contributed by atoms with Crippen molar-refractivity contribution in [2.24, 2.45) is 12.9 Å². The lowest BCUT2D eigenvalue weighted by atomic mass is 10.00. The highest BCUT2D eigenvalue weighted by atomic mass is 35.5. The van der Waals surface area contributed by atoms with Gasteiger partial charge in [0, 0.05) is 28.4 Å². The molecular formula is C13H16Cl2N4. The predicted octanol–water partition coefficient (Wildman–Crippen LogP) is 2.78. The summed E-state index contributed by atoms with van der Waals surface area (Å²) in [5.41, 5.74) is 5.90. The van der Waals surface area contributed by atoms with Gasteiger partial charge < -0.3 is 0 Å². The van der Waals surface area contributed by atoms with Crippen molar-refractivity contribution in [2.75, 3.05) is 0 Å². The Labute approximate surface area is 122 Å². The Bertz CT molecular complexity index is 580. The molecule has 0 saturated carbocycles. The molecule has 0 bridgehead atoms. The molecule has 102 valence electrons. The summed E-state index contributed by atoms with van der Waals surface area (Å²) in [6.07, 6.45) is 2.47. The van der Waals surface area contributed by atoms with Crippen molar-refractivity contribution in [3.8, 4) is 0 Å². The van der Waals surface area contributed by atoms with Crippen LogP contribution < -0.4 is 11.3 Å². The number of hydrazine groups is 1. The number of rotatable bonds is 4. The van der Waals surface area contributed by atoms with E-state index in [2.05, 4.69) is 10.5 Å². The van der Waals surface area contributed by atoms with Gasteiger partial charge >= 0.3 is 0 Å². The zero-order valence-electron chi connectivity index (χ0n) is 10.8. The first kappa shape index (κ1) is 14.3. The summed E-state index contributed by atoms with van der Waals surface area (Å²) >= 11 is 12.2. The highest BCUT2D eigenvalue weighted by Crippen LogP contribution is 2.27. The molecule has 0 fully saturated rings. The smallest absolute Gasteiger partial charge is 0.0540 e. The lowest BCUT2D eigenvalue weighted by molar-refractivity contribution is 0.548. The molecule has 2 rings (SSSR count). The zero-order chi connectivity index (χ0) is 14.0. The monoisotopic (exact) mass is 298 g/mol. The molecule has 3 N–H and O–H groups in total. The van der Waals surface area contributed by atoms with Gasteiger partial charge in [-0.2, -0.15) is 5.10 Å². The summed E-state index contributed by atoms with van der Waals surface area (Å²) in [6.45, 7) is 2.01. The largest absolute Gasteiger partial charge is 0.273 e. The lowest BCUT2D eigenvalue weighted by Gasteiger charge is -2.16. The van der Waals surface area contributed by atoms with E-state index in [4.69, 9.17) is 29.0 Å². The quantitative estimate of drug-likeness (QED) is 0.674. The Balaban J connectivity index is 2.29. The molecule has 0 spiro atoms. The highest BCUT2D eigenvalue weighted by molar-refractivity contribution is 6.33. The van der Waals surface area contributed by atoms with E-state index in [1.165, 1.54) is 0 Å². The van der Waals surface area contributed by atoms with Crippen LogP contribution in [0.3, 0.4) is 0 Å². The number of nitrogens with one attached hydrogen (secondary N) is 1. The molecule has 1 aromatic heterocycles. The van der Waals surface area contributed by atoms with Gasteiger partial charge in [-0.25, -0.2) is 0 Å². The normalized spacial score (nSPS) is 12.7.